The number of nitrogens with zero attached hydrogens (tertiary/aromatic N) is 1. The standard InChI is InChI=1S/C15H13F3N2S/c1-10(20-8-14-6-11(7-19)9-21-14)12-2-4-13(5-3-12)15(16,17)18/h2-6,9-10,20H,8H2,1H3. The van der Waals surface area contributed by atoms with Crippen molar-refractivity contribution in [3.05, 3.63) is 57.3 Å². The van der Waals surface area contributed by atoms with Crippen LogP contribution >= 0.6 is 11.3 Å². The number of hydrogen-bond acceptors (Lipinski definition) is 3. The van der Waals surface area contributed by atoms with Gasteiger partial charge in [-0.05, 0) is 30.7 Å². The average molecular weight is 310 g/mol. The summed E-state index contributed by atoms with van der Waals surface area (Å²) in [5, 5.41) is 13.8. The number of halogens is 3. The Kier molecular flexibility index (Phi) is 4.66. The van der Waals surface area contributed by atoms with E-state index in [0.29, 0.717) is 12.1 Å². The minimum Gasteiger partial charge on any atom is -0.305 e. The van der Waals surface area contributed by atoms with Gasteiger partial charge in [0.2, 0.25) is 0 Å². The van der Waals surface area contributed by atoms with E-state index in [0.717, 1.165) is 22.6 Å². The first kappa shape index (κ1) is 15.5. The van der Waals surface area contributed by atoms with Crippen molar-refractivity contribution in [1.82, 2.24) is 5.32 Å². The zero-order valence-electron chi connectivity index (χ0n) is 11.2. The Morgan fingerprint density at radius 2 is 1.95 bits per heavy atom. The Hall–Kier alpha value is -1.84. The fraction of sp³-hybridized carbons (Fsp3) is 0.267. The lowest BCUT2D eigenvalue weighted by molar-refractivity contribution is -0.137. The lowest BCUT2D eigenvalue weighted by Gasteiger charge is -2.15. The van der Waals surface area contributed by atoms with E-state index in [-0.39, 0.29) is 6.04 Å². The van der Waals surface area contributed by atoms with Gasteiger partial charge in [0.15, 0.2) is 0 Å². The molecule has 0 amide bonds. The predicted octanol–water partition coefficient (Wildman–Crippen LogP) is 4.49. The summed E-state index contributed by atoms with van der Waals surface area (Å²) in [5.74, 6) is 0. The van der Waals surface area contributed by atoms with Crippen LogP contribution in [-0.2, 0) is 12.7 Å². The van der Waals surface area contributed by atoms with Gasteiger partial charge >= 0.3 is 6.18 Å². The number of rotatable bonds is 4. The van der Waals surface area contributed by atoms with Crippen molar-refractivity contribution in [1.29, 1.82) is 5.26 Å². The number of alkyl halides is 3. The molecule has 0 saturated carbocycles. The smallest absolute Gasteiger partial charge is 0.305 e. The van der Waals surface area contributed by atoms with Gasteiger partial charge in [0.05, 0.1) is 11.1 Å². The van der Waals surface area contributed by atoms with Gasteiger partial charge in [0, 0.05) is 22.8 Å². The average Bonchev–Trinajstić information content (AvgIpc) is 2.92. The molecule has 0 spiro atoms. The van der Waals surface area contributed by atoms with Crippen LogP contribution in [0.25, 0.3) is 0 Å². The van der Waals surface area contributed by atoms with Crippen LogP contribution < -0.4 is 5.32 Å². The predicted molar refractivity (Wildman–Crippen MR) is 75.7 cm³/mol. The van der Waals surface area contributed by atoms with Gasteiger partial charge in [-0.2, -0.15) is 18.4 Å². The fourth-order valence-corrected chi connectivity index (χ4v) is 2.63. The molecule has 0 fully saturated rings. The zero-order chi connectivity index (χ0) is 15.5. The van der Waals surface area contributed by atoms with E-state index in [9.17, 15) is 13.2 Å². The lowest BCUT2D eigenvalue weighted by atomic mass is 10.1. The molecule has 0 aliphatic rings. The molecule has 1 atom stereocenters. The van der Waals surface area contributed by atoms with Crippen LogP contribution in [-0.4, -0.2) is 0 Å². The van der Waals surface area contributed by atoms with Crippen molar-refractivity contribution < 1.29 is 13.2 Å². The van der Waals surface area contributed by atoms with Gasteiger partial charge in [-0.1, -0.05) is 12.1 Å². The van der Waals surface area contributed by atoms with Gasteiger partial charge in [-0.15, -0.1) is 11.3 Å². The Balaban J connectivity index is 1.97. The van der Waals surface area contributed by atoms with Crippen molar-refractivity contribution >= 4 is 11.3 Å². The van der Waals surface area contributed by atoms with Crippen LogP contribution in [0.2, 0.25) is 0 Å². The van der Waals surface area contributed by atoms with E-state index in [1.165, 1.54) is 23.5 Å². The first-order valence-electron chi connectivity index (χ1n) is 6.28. The molecule has 0 radical (unpaired) electrons. The molecule has 0 aliphatic heterocycles. The highest BCUT2D eigenvalue weighted by atomic mass is 32.1. The van der Waals surface area contributed by atoms with Gasteiger partial charge in [-0.25, -0.2) is 0 Å². The minimum atomic E-state index is -4.31. The summed E-state index contributed by atoms with van der Waals surface area (Å²) in [7, 11) is 0. The van der Waals surface area contributed by atoms with Crippen LogP contribution in [0.1, 0.15) is 34.5 Å². The molecule has 6 heteroatoms. The van der Waals surface area contributed by atoms with Gasteiger partial charge < -0.3 is 5.32 Å². The molecule has 2 aromatic rings. The molecule has 21 heavy (non-hydrogen) atoms. The fourth-order valence-electron chi connectivity index (χ4n) is 1.86. The van der Waals surface area contributed by atoms with Gasteiger partial charge in [0.1, 0.15) is 6.07 Å². The molecule has 110 valence electrons. The summed E-state index contributed by atoms with van der Waals surface area (Å²) >= 11 is 1.48. The first-order chi connectivity index (χ1) is 9.90. The summed E-state index contributed by atoms with van der Waals surface area (Å²) < 4.78 is 37.5. The van der Waals surface area contributed by atoms with Crippen LogP contribution in [0.4, 0.5) is 13.2 Å². The zero-order valence-corrected chi connectivity index (χ0v) is 12.1. The van der Waals surface area contributed by atoms with E-state index in [2.05, 4.69) is 11.4 Å². The van der Waals surface area contributed by atoms with Gasteiger partial charge in [-0.3, -0.25) is 0 Å². The third-order valence-electron chi connectivity index (χ3n) is 3.10. The van der Waals surface area contributed by atoms with Crippen molar-refractivity contribution in [2.24, 2.45) is 0 Å². The third-order valence-corrected chi connectivity index (χ3v) is 4.04. The van der Waals surface area contributed by atoms with Crippen molar-refractivity contribution in [3.63, 3.8) is 0 Å². The van der Waals surface area contributed by atoms with Crippen molar-refractivity contribution in [2.75, 3.05) is 0 Å². The summed E-state index contributed by atoms with van der Waals surface area (Å²) in [4.78, 5) is 1.02. The molecular formula is C15H13F3N2S. The monoisotopic (exact) mass is 310 g/mol. The molecule has 2 rings (SSSR count). The summed E-state index contributed by atoms with van der Waals surface area (Å²) in [6, 6.07) is 8.94. The Morgan fingerprint density at radius 3 is 2.48 bits per heavy atom. The van der Waals surface area contributed by atoms with E-state index >= 15 is 0 Å². The molecular weight excluding hydrogens is 297 g/mol. The van der Waals surface area contributed by atoms with E-state index in [4.69, 9.17) is 5.26 Å². The van der Waals surface area contributed by atoms with Crippen LogP contribution in [0.15, 0.2) is 35.7 Å². The second-order valence-electron chi connectivity index (χ2n) is 4.64. The molecule has 1 aromatic heterocycles. The summed E-state index contributed by atoms with van der Waals surface area (Å²) in [6.07, 6.45) is -4.31. The maximum Gasteiger partial charge on any atom is 0.416 e. The normalized spacial score (nSPS) is 12.9. The third kappa shape index (κ3) is 4.06. The second-order valence-corrected chi connectivity index (χ2v) is 5.63. The SMILES string of the molecule is CC(NCc1cc(C#N)cs1)c1ccc(C(F)(F)F)cc1. The largest absolute Gasteiger partial charge is 0.416 e. The van der Waals surface area contributed by atoms with Crippen LogP contribution in [0, 0.1) is 11.3 Å². The summed E-state index contributed by atoms with van der Waals surface area (Å²) in [6.45, 7) is 2.47. The maximum absolute atomic E-state index is 12.5. The highest BCUT2D eigenvalue weighted by molar-refractivity contribution is 7.10. The maximum atomic E-state index is 12.5. The second kappa shape index (κ2) is 6.29. The number of nitrogens with one attached hydrogen (secondary N) is 1. The molecule has 1 aromatic carbocycles. The van der Waals surface area contributed by atoms with Crippen LogP contribution in [0.3, 0.4) is 0 Å². The number of thiophene rings is 1. The lowest BCUT2D eigenvalue weighted by Crippen LogP contribution is -2.17. The molecule has 0 saturated heterocycles. The number of nitriles is 1. The van der Waals surface area contributed by atoms with Crippen molar-refractivity contribution in [2.45, 2.75) is 25.7 Å². The molecule has 0 bridgehead atoms. The Labute approximate surface area is 124 Å². The minimum absolute atomic E-state index is 0.0695. The van der Waals surface area contributed by atoms with E-state index in [1.807, 2.05) is 6.92 Å². The molecule has 0 aliphatic carbocycles. The first-order valence-corrected chi connectivity index (χ1v) is 7.16. The quantitative estimate of drug-likeness (QED) is 0.903. The highest BCUT2D eigenvalue weighted by Gasteiger charge is 2.30. The molecule has 1 unspecified atom stereocenters. The highest BCUT2D eigenvalue weighted by Crippen LogP contribution is 2.30. The summed E-state index contributed by atoms with van der Waals surface area (Å²) in [5.41, 5.74) is 0.773. The van der Waals surface area contributed by atoms with E-state index < -0.39 is 11.7 Å². The van der Waals surface area contributed by atoms with Crippen molar-refractivity contribution in [3.8, 4) is 6.07 Å². The van der Waals surface area contributed by atoms with Crippen LogP contribution in [0.5, 0.6) is 0 Å². The topological polar surface area (TPSA) is 35.8 Å². The number of hydrogen-bond donors (Lipinski definition) is 1. The number of benzene rings is 1. The Morgan fingerprint density at radius 1 is 1.29 bits per heavy atom. The molecule has 1 heterocycles. The Bertz CT molecular complexity index is 638. The molecule has 2 nitrogen and oxygen atoms in total. The van der Waals surface area contributed by atoms with E-state index in [1.54, 1.807) is 11.4 Å². The van der Waals surface area contributed by atoms with Gasteiger partial charge in [0.25, 0.3) is 0 Å². The molecule has 1 N–H and O–H groups in total.